The van der Waals surface area contributed by atoms with Crippen LogP contribution in [0.5, 0.6) is 5.75 Å². The topological polar surface area (TPSA) is 49.3 Å². The summed E-state index contributed by atoms with van der Waals surface area (Å²) in [6, 6.07) is 7.10. The van der Waals surface area contributed by atoms with Gasteiger partial charge < -0.3 is 10.4 Å². The van der Waals surface area contributed by atoms with E-state index in [1.54, 1.807) is 19.1 Å². The number of rotatable bonds is 5. The second-order valence-electron chi connectivity index (χ2n) is 4.36. The van der Waals surface area contributed by atoms with Crippen LogP contribution >= 0.6 is 0 Å². The third kappa shape index (κ3) is 4.03. The molecular weight excluding hydrogens is 202 g/mol. The van der Waals surface area contributed by atoms with Crippen LogP contribution in [0.3, 0.4) is 0 Å². The van der Waals surface area contributed by atoms with Gasteiger partial charge in [-0.3, -0.25) is 4.79 Å². The summed E-state index contributed by atoms with van der Waals surface area (Å²) in [4.78, 5) is 11.4. The monoisotopic (exact) mass is 221 g/mol. The van der Waals surface area contributed by atoms with Gasteiger partial charge in [0, 0.05) is 6.04 Å². The van der Waals surface area contributed by atoms with E-state index in [9.17, 15) is 4.79 Å². The molecule has 0 saturated carbocycles. The minimum Gasteiger partial charge on any atom is -0.508 e. The van der Waals surface area contributed by atoms with E-state index in [2.05, 4.69) is 5.32 Å². The summed E-state index contributed by atoms with van der Waals surface area (Å²) in [6.45, 7) is 5.64. The summed E-state index contributed by atoms with van der Waals surface area (Å²) in [5, 5.41) is 12.4. The van der Waals surface area contributed by atoms with Crippen LogP contribution in [0.25, 0.3) is 0 Å². The number of benzene rings is 1. The molecule has 1 atom stereocenters. The Morgan fingerprint density at radius 2 is 1.88 bits per heavy atom. The van der Waals surface area contributed by atoms with Crippen molar-refractivity contribution in [1.29, 1.82) is 0 Å². The molecule has 0 saturated heterocycles. The highest BCUT2D eigenvalue weighted by molar-refractivity contribution is 5.81. The Morgan fingerprint density at radius 1 is 1.31 bits per heavy atom. The smallest absolute Gasteiger partial charge is 0.147 e. The molecule has 0 spiro atoms. The maximum Gasteiger partial charge on any atom is 0.147 e. The van der Waals surface area contributed by atoms with E-state index in [1.165, 1.54) is 0 Å². The minimum atomic E-state index is -0.149. The molecule has 3 nitrogen and oxygen atoms in total. The molecule has 0 unspecified atom stereocenters. The Labute approximate surface area is 96.5 Å². The summed E-state index contributed by atoms with van der Waals surface area (Å²) < 4.78 is 0. The molecule has 0 aliphatic heterocycles. The summed E-state index contributed by atoms with van der Waals surface area (Å²) in [7, 11) is 0. The zero-order valence-corrected chi connectivity index (χ0v) is 10.0. The molecule has 0 aliphatic carbocycles. The van der Waals surface area contributed by atoms with E-state index >= 15 is 0 Å². The Hall–Kier alpha value is -1.35. The predicted molar refractivity (Wildman–Crippen MR) is 64.6 cm³/mol. The lowest BCUT2D eigenvalue weighted by Crippen LogP contribution is -2.41. The van der Waals surface area contributed by atoms with Crippen molar-refractivity contribution in [2.45, 2.75) is 39.3 Å². The molecule has 0 amide bonds. The van der Waals surface area contributed by atoms with Crippen LogP contribution < -0.4 is 5.32 Å². The quantitative estimate of drug-likeness (QED) is 0.798. The fraction of sp³-hybridized carbons (Fsp3) is 0.462. The van der Waals surface area contributed by atoms with Gasteiger partial charge in [-0.25, -0.2) is 0 Å². The first-order chi connectivity index (χ1) is 7.49. The standard InChI is InChI=1S/C13H19NO2/c1-9(2)14-13(10(3)15)8-11-4-6-12(16)7-5-11/h4-7,9,13-14,16H,8H2,1-3H3/t13-/m1/s1. The van der Waals surface area contributed by atoms with E-state index in [4.69, 9.17) is 5.11 Å². The molecule has 0 bridgehead atoms. The lowest BCUT2D eigenvalue weighted by Gasteiger charge is -2.18. The Bertz CT molecular complexity index is 343. The molecule has 1 aromatic carbocycles. The van der Waals surface area contributed by atoms with Crippen LogP contribution in [0.15, 0.2) is 24.3 Å². The van der Waals surface area contributed by atoms with Crippen LogP contribution in [0.2, 0.25) is 0 Å². The Balaban J connectivity index is 2.68. The molecule has 2 N–H and O–H groups in total. The van der Waals surface area contributed by atoms with Gasteiger partial charge in [0.15, 0.2) is 0 Å². The fourth-order valence-corrected chi connectivity index (χ4v) is 1.59. The van der Waals surface area contributed by atoms with Gasteiger partial charge in [0.1, 0.15) is 11.5 Å². The largest absolute Gasteiger partial charge is 0.508 e. The SMILES string of the molecule is CC(=O)[C@@H](Cc1ccc(O)cc1)NC(C)C. The van der Waals surface area contributed by atoms with Gasteiger partial charge in [-0.05, 0) is 31.0 Å². The van der Waals surface area contributed by atoms with E-state index < -0.39 is 0 Å². The van der Waals surface area contributed by atoms with E-state index in [0.717, 1.165) is 5.56 Å². The maximum absolute atomic E-state index is 11.4. The number of nitrogens with one attached hydrogen (secondary N) is 1. The number of aromatic hydroxyl groups is 1. The van der Waals surface area contributed by atoms with Crippen molar-refractivity contribution in [3.8, 4) is 5.75 Å². The van der Waals surface area contributed by atoms with Gasteiger partial charge in [-0.2, -0.15) is 0 Å². The van der Waals surface area contributed by atoms with Crippen LogP contribution in [0.1, 0.15) is 26.3 Å². The Kier molecular flexibility index (Phi) is 4.50. The van der Waals surface area contributed by atoms with Crippen LogP contribution in [0, 0.1) is 0 Å². The lowest BCUT2D eigenvalue weighted by atomic mass is 10.0. The highest BCUT2D eigenvalue weighted by Gasteiger charge is 2.15. The third-order valence-electron chi connectivity index (χ3n) is 2.40. The number of carbonyl (C=O) groups is 1. The van der Waals surface area contributed by atoms with E-state index in [0.29, 0.717) is 6.42 Å². The number of hydrogen-bond acceptors (Lipinski definition) is 3. The van der Waals surface area contributed by atoms with Crippen LogP contribution in [-0.2, 0) is 11.2 Å². The molecule has 1 rings (SSSR count). The van der Waals surface area contributed by atoms with Gasteiger partial charge in [0.25, 0.3) is 0 Å². The lowest BCUT2D eigenvalue weighted by molar-refractivity contribution is -0.119. The average Bonchev–Trinajstić information content (AvgIpc) is 2.19. The molecule has 0 aliphatic rings. The second kappa shape index (κ2) is 5.66. The maximum atomic E-state index is 11.4. The highest BCUT2D eigenvalue weighted by atomic mass is 16.3. The summed E-state index contributed by atoms with van der Waals surface area (Å²) in [5.74, 6) is 0.390. The van der Waals surface area contributed by atoms with Crippen molar-refractivity contribution in [1.82, 2.24) is 5.32 Å². The first-order valence-electron chi connectivity index (χ1n) is 5.53. The predicted octanol–water partition coefficient (Wildman–Crippen LogP) is 1.89. The molecule has 0 radical (unpaired) electrons. The Morgan fingerprint density at radius 3 is 2.31 bits per heavy atom. The van der Waals surface area contributed by atoms with Crippen molar-refractivity contribution in [2.24, 2.45) is 0 Å². The van der Waals surface area contributed by atoms with Crippen LogP contribution in [-0.4, -0.2) is 23.0 Å². The molecule has 16 heavy (non-hydrogen) atoms. The summed E-state index contributed by atoms with van der Waals surface area (Å²) in [6.07, 6.45) is 0.661. The van der Waals surface area contributed by atoms with Crippen molar-refractivity contribution >= 4 is 5.78 Å². The van der Waals surface area contributed by atoms with E-state index in [-0.39, 0.29) is 23.6 Å². The van der Waals surface area contributed by atoms with Crippen molar-refractivity contribution in [3.63, 3.8) is 0 Å². The van der Waals surface area contributed by atoms with Gasteiger partial charge in [-0.15, -0.1) is 0 Å². The highest BCUT2D eigenvalue weighted by Crippen LogP contribution is 2.11. The van der Waals surface area contributed by atoms with Gasteiger partial charge >= 0.3 is 0 Å². The van der Waals surface area contributed by atoms with Gasteiger partial charge in [0.05, 0.1) is 6.04 Å². The fourth-order valence-electron chi connectivity index (χ4n) is 1.59. The average molecular weight is 221 g/mol. The third-order valence-corrected chi connectivity index (χ3v) is 2.40. The minimum absolute atomic E-state index is 0.141. The molecule has 0 heterocycles. The number of Topliss-reactive ketones (excluding diaryl/α,β-unsaturated/α-hetero) is 1. The van der Waals surface area contributed by atoms with Gasteiger partial charge in [0.2, 0.25) is 0 Å². The number of ketones is 1. The molecule has 0 aromatic heterocycles. The molecule has 3 heteroatoms. The molecule has 88 valence electrons. The van der Waals surface area contributed by atoms with Gasteiger partial charge in [-0.1, -0.05) is 26.0 Å². The van der Waals surface area contributed by atoms with Crippen molar-refractivity contribution in [3.05, 3.63) is 29.8 Å². The van der Waals surface area contributed by atoms with Crippen molar-refractivity contribution in [2.75, 3.05) is 0 Å². The number of hydrogen-bond donors (Lipinski definition) is 2. The molecular formula is C13H19NO2. The first-order valence-corrected chi connectivity index (χ1v) is 5.53. The summed E-state index contributed by atoms with van der Waals surface area (Å²) in [5.41, 5.74) is 1.05. The zero-order valence-electron chi connectivity index (χ0n) is 10.0. The molecule has 0 fully saturated rings. The van der Waals surface area contributed by atoms with E-state index in [1.807, 2.05) is 26.0 Å². The number of phenols is 1. The number of phenolic OH excluding ortho intramolecular Hbond substituents is 1. The zero-order chi connectivity index (χ0) is 12.1. The molecule has 1 aromatic rings. The summed E-state index contributed by atoms with van der Waals surface area (Å²) >= 11 is 0. The van der Waals surface area contributed by atoms with Crippen LogP contribution in [0.4, 0.5) is 0 Å². The second-order valence-corrected chi connectivity index (χ2v) is 4.36. The first kappa shape index (κ1) is 12.7. The van der Waals surface area contributed by atoms with Crippen molar-refractivity contribution < 1.29 is 9.90 Å². The number of carbonyl (C=O) groups excluding carboxylic acids is 1. The normalized spacial score (nSPS) is 12.8.